The Morgan fingerprint density at radius 3 is 2.71 bits per heavy atom. The van der Waals surface area contributed by atoms with E-state index in [1.807, 2.05) is 66.8 Å². The van der Waals surface area contributed by atoms with Gasteiger partial charge in [-0.1, -0.05) is 30.3 Å². The van der Waals surface area contributed by atoms with E-state index >= 15 is 0 Å². The van der Waals surface area contributed by atoms with Crippen molar-refractivity contribution in [1.29, 1.82) is 0 Å². The van der Waals surface area contributed by atoms with Crippen molar-refractivity contribution < 1.29 is 14.3 Å². The number of carbonyl (C=O) groups is 2. The highest BCUT2D eigenvalue weighted by Crippen LogP contribution is 2.14. The van der Waals surface area contributed by atoms with Crippen LogP contribution >= 0.6 is 0 Å². The van der Waals surface area contributed by atoms with Crippen molar-refractivity contribution in [3.63, 3.8) is 0 Å². The molecule has 1 saturated heterocycles. The summed E-state index contributed by atoms with van der Waals surface area (Å²) in [7, 11) is 0. The monoisotopic (exact) mass is 427 g/mol. The summed E-state index contributed by atoms with van der Waals surface area (Å²) < 4.78 is 7.50. The Balaban J connectivity index is 1.64. The van der Waals surface area contributed by atoms with Gasteiger partial charge in [0.1, 0.15) is 11.6 Å². The average molecular weight is 428 g/mol. The average Bonchev–Trinajstić information content (AvgIpc) is 3.26. The lowest BCUT2D eigenvalue weighted by atomic mass is 10.1. The molecular weight excluding hydrogens is 394 g/mol. The Morgan fingerprint density at radius 2 is 2.03 bits per heavy atom. The molecule has 168 valence electrons. The van der Waals surface area contributed by atoms with Gasteiger partial charge in [-0.2, -0.15) is 0 Å². The van der Waals surface area contributed by atoms with Crippen molar-refractivity contribution in [1.82, 2.24) is 24.7 Å². The number of piperazine rings is 1. The molecule has 0 spiro atoms. The van der Waals surface area contributed by atoms with E-state index in [2.05, 4.69) is 10.3 Å². The van der Waals surface area contributed by atoms with E-state index in [0.29, 0.717) is 32.7 Å². The van der Waals surface area contributed by atoms with Crippen LogP contribution in [-0.2, 0) is 22.6 Å². The summed E-state index contributed by atoms with van der Waals surface area (Å²) in [5.74, 6) is 0.00254. The van der Waals surface area contributed by atoms with Gasteiger partial charge in [0, 0.05) is 51.7 Å². The van der Waals surface area contributed by atoms with E-state index in [0.717, 1.165) is 18.5 Å². The summed E-state index contributed by atoms with van der Waals surface area (Å²) in [5, 5.41) is 3.28. The zero-order chi connectivity index (χ0) is 22.3. The van der Waals surface area contributed by atoms with Crippen molar-refractivity contribution >= 4 is 12.0 Å². The number of aromatic nitrogens is 2. The molecule has 1 aromatic heterocycles. The van der Waals surface area contributed by atoms with Crippen LogP contribution in [0.4, 0.5) is 4.79 Å². The van der Waals surface area contributed by atoms with Gasteiger partial charge >= 0.3 is 6.09 Å². The molecule has 3 rings (SSSR count). The molecule has 1 fully saturated rings. The van der Waals surface area contributed by atoms with Crippen molar-refractivity contribution in [2.24, 2.45) is 0 Å². The number of benzene rings is 1. The summed E-state index contributed by atoms with van der Waals surface area (Å²) in [6, 6.07) is 9.53. The van der Waals surface area contributed by atoms with Gasteiger partial charge < -0.3 is 24.4 Å². The third kappa shape index (κ3) is 7.10. The first-order valence-corrected chi connectivity index (χ1v) is 10.8. The molecule has 2 heterocycles. The van der Waals surface area contributed by atoms with Crippen LogP contribution in [0.5, 0.6) is 0 Å². The van der Waals surface area contributed by atoms with Crippen LogP contribution in [0.1, 0.15) is 32.8 Å². The second-order valence-corrected chi connectivity index (χ2v) is 8.83. The fourth-order valence-corrected chi connectivity index (χ4v) is 3.56. The Kier molecular flexibility index (Phi) is 7.68. The van der Waals surface area contributed by atoms with E-state index in [1.54, 1.807) is 17.4 Å². The Morgan fingerprint density at radius 1 is 1.26 bits per heavy atom. The fourth-order valence-electron chi connectivity index (χ4n) is 3.56. The number of carbonyl (C=O) groups excluding carboxylic acids is 2. The van der Waals surface area contributed by atoms with Gasteiger partial charge in [0.25, 0.3) is 0 Å². The topological polar surface area (TPSA) is 79.7 Å². The lowest BCUT2D eigenvalue weighted by molar-refractivity contribution is -0.135. The van der Waals surface area contributed by atoms with Crippen molar-refractivity contribution in [3.05, 3.63) is 54.6 Å². The quantitative estimate of drug-likeness (QED) is 0.735. The zero-order valence-corrected chi connectivity index (χ0v) is 18.7. The second-order valence-electron chi connectivity index (χ2n) is 8.83. The first-order valence-electron chi connectivity index (χ1n) is 10.8. The predicted octanol–water partition coefficient (Wildman–Crippen LogP) is 2.51. The molecule has 0 unspecified atom stereocenters. The summed E-state index contributed by atoms with van der Waals surface area (Å²) in [4.78, 5) is 33.5. The molecule has 8 heteroatoms. The van der Waals surface area contributed by atoms with Gasteiger partial charge in [-0.05, 0) is 32.8 Å². The zero-order valence-electron chi connectivity index (χ0n) is 18.7. The SMILES string of the molecule is CC(C)(C)OC(=O)N1CCN[C@@H](C(=O)N(CCCn2ccnc2)Cc2ccccc2)C1. The summed E-state index contributed by atoms with van der Waals surface area (Å²) in [6.45, 7) is 8.88. The van der Waals surface area contributed by atoms with Gasteiger partial charge in [0.15, 0.2) is 0 Å². The molecule has 2 amide bonds. The normalized spacial score (nSPS) is 16.7. The molecule has 0 aliphatic carbocycles. The molecule has 1 aliphatic rings. The maximum absolute atomic E-state index is 13.4. The minimum atomic E-state index is -0.561. The lowest BCUT2D eigenvalue weighted by Crippen LogP contribution is -2.59. The molecule has 8 nitrogen and oxygen atoms in total. The fraction of sp³-hybridized carbons (Fsp3) is 0.522. The van der Waals surface area contributed by atoms with Crippen molar-refractivity contribution in [3.8, 4) is 0 Å². The molecule has 0 bridgehead atoms. The first-order chi connectivity index (χ1) is 14.8. The Hall–Kier alpha value is -2.87. The summed E-state index contributed by atoms with van der Waals surface area (Å²) >= 11 is 0. The summed E-state index contributed by atoms with van der Waals surface area (Å²) in [6.07, 6.45) is 5.90. The summed E-state index contributed by atoms with van der Waals surface area (Å²) in [5.41, 5.74) is 0.520. The van der Waals surface area contributed by atoms with Crippen LogP contribution in [0.2, 0.25) is 0 Å². The molecule has 0 saturated carbocycles. The van der Waals surface area contributed by atoms with Crippen LogP contribution < -0.4 is 5.32 Å². The highest BCUT2D eigenvalue weighted by molar-refractivity contribution is 5.83. The first kappa shape index (κ1) is 22.8. The lowest BCUT2D eigenvalue weighted by Gasteiger charge is -2.36. The third-order valence-corrected chi connectivity index (χ3v) is 5.06. The standard InChI is InChI=1S/C23H33N5O3/c1-23(2,3)31-22(30)28-15-11-25-20(17-28)21(29)27(16-19-8-5-4-6-9-19)13-7-12-26-14-10-24-18-26/h4-6,8-10,14,18,20,25H,7,11-13,15-17H2,1-3H3/t20-/m1/s1. The molecule has 31 heavy (non-hydrogen) atoms. The van der Waals surface area contributed by atoms with Gasteiger partial charge in [-0.15, -0.1) is 0 Å². The largest absolute Gasteiger partial charge is 0.444 e. The number of nitrogens with one attached hydrogen (secondary N) is 1. The van der Waals surface area contributed by atoms with Crippen LogP contribution in [0, 0.1) is 0 Å². The van der Waals surface area contributed by atoms with Crippen molar-refractivity contribution in [2.45, 2.75) is 51.9 Å². The minimum Gasteiger partial charge on any atom is -0.444 e. The van der Waals surface area contributed by atoms with Gasteiger partial charge in [0.05, 0.1) is 6.33 Å². The number of imidazole rings is 1. The highest BCUT2D eigenvalue weighted by Gasteiger charge is 2.32. The van der Waals surface area contributed by atoms with Gasteiger partial charge in [-0.25, -0.2) is 9.78 Å². The maximum atomic E-state index is 13.4. The molecule has 1 aromatic carbocycles. The van der Waals surface area contributed by atoms with Crippen LogP contribution in [0.3, 0.4) is 0 Å². The van der Waals surface area contributed by atoms with Crippen LogP contribution in [-0.4, -0.2) is 69.2 Å². The van der Waals surface area contributed by atoms with Crippen LogP contribution in [0.25, 0.3) is 0 Å². The molecular formula is C23H33N5O3. The highest BCUT2D eigenvalue weighted by atomic mass is 16.6. The maximum Gasteiger partial charge on any atom is 0.410 e. The number of rotatable bonds is 7. The van der Waals surface area contributed by atoms with Gasteiger partial charge in [-0.3, -0.25) is 4.79 Å². The van der Waals surface area contributed by atoms with E-state index < -0.39 is 11.6 Å². The predicted molar refractivity (Wildman–Crippen MR) is 118 cm³/mol. The number of aryl methyl sites for hydroxylation is 1. The van der Waals surface area contributed by atoms with Gasteiger partial charge in [0.2, 0.25) is 5.91 Å². The van der Waals surface area contributed by atoms with E-state index in [4.69, 9.17) is 4.74 Å². The number of hydrogen-bond acceptors (Lipinski definition) is 5. The van der Waals surface area contributed by atoms with E-state index in [1.165, 1.54) is 0 Å². The third-order valence-electron chi connectivity index (χ3n) is 5.06. The van der Waals surface area contributed by atoms with E-state index in [9.17, 15) is 9.59 Å². The number of ether oxygens (including phenoxy) is 1. The van der Waals surface area contributed by atoms with E-state index in [-0.39, 0.29) is 12.0 Å². The number of amides is 2. The molecule has 1 N–H and O–H groups in total. The number of nitrogens with zero attached hydrogens (tertiary/aromatic N) is 4. The Labute approximate surface area is 184 Å². The molecule has 0 radical (unpaired) electrons. The molecule has 1 aliphatic heterocycles. The van der Waals surface area contributed by atoms with Crippen molar-refractivity contribution in [2.75, 3.05) is 26.2 Å². The minimum absolute atomic E-state index is 0.00254. The second kappa shape index (κ2) is 10.4. The molecule has 1 atom stereocenters. The smallest absolute Gasteiger partial charge is 0.410 e. The Bertz CT molecular complexity index is 833. The van der Waals surface area contributed by atoms with Crippen LogP contribution in [0.15, 0.2) is 49.1 Å². The molecule has 2 aromatic rings. The number of hydrogen-bond donors (Lipinski definition) is 1.